The lowest BCUT2D eigenvalue weighted by Gasteiger charge is -2.23. The van der Waals surface area contributed by atoms with E-state index in [2.05, 4.69) is 15.4 Å². The molecule has 0 bridgehead atoms. The second kappa shape index (κ2) is 8.46. The maximum atomic E-state index is 11.8. The van der Waals surface area contributed by atoms with Crippen molar-refractivity contribution in [1.29, 1.82) is 0 Å². The number of hydrogen-bond acceptors (Lipinski definition) is 5. The smallest absolute Gasteiger partial charge is 0.325 e. The van der Waals surface area contributed by atoms with Crippen molar-refractivity contribution in [2.45, 2.75) is 26.3 Å². The van der Waals surface area contributed by atoms with E-state index in [0.29, 0.717) is 6.42 Å². The summed E-state index contributed by atoms with van der Waals surface area (Å²) in [5.41, 5.74) is 5.19. The first kappa shape index (κ1) is 16.4. The lowest BCUT2D eigenvalue weighted by molar-refractivity contribution is -0.141. The van der Waals surface area contributed by atoms with Crippen LogP contribution in [0.15, 0.2) is 0 Å². The molecule has 7 nitrogen and oxygen atoms in total. The standard InChI is InChI=1S/C11H21N3O4/c1-4-7(2)10(14-8(15)5-12)11(17)13-6-9(16)18-3/h7,10H,4-6,12H2,1-3H3,(H,13,17)(H,14,15)/t7?,10-/m0/s1. The van der Waals surface area contributed by atoms with Crippen molar-refractivity contribution < 1.29 is 19.1 Å². The summed E-state index contributed by atoms with van der Waals surface area (Å²) in [4.78, 5) is 34.0. The van der Waals surface area contributed by atoms with Crippen LogP contribution >= 0.6 is 0 Å². The number of amides is 2. The third-order valence-electron chi connectivity index (χ3n) is 2.63. The number of hydrogen-bond donors (Lipinski definition) is 3. The molecule has 104 valence electrons. The summed E-state index contributed by atoms with van der Waals surface area (Å²) < 4.78 is 4.41. The number of carbonyl (C=O) groups is 3. The highest BCUT2D eigenvalue weighted by Crippen LogP contribution is 2.07. The lowest BCUT2D eigenvalue weighted by Crippen LogP contribution is -2.52. The van der Waals surface area contributed by atoms with E-state index >= 15 is 0 Å². The highest BCUT2D eigenvalue weighted by atomic mass is 16.5. The fraction of sp³-hybridized carbons (Fsp3) is 0.727. The topological polar surface area (TPSA) is 111 Å². The van der Waals surface area contributed by atoms with Gasteiger partial charge in [0.1, 0.15) is 12.6 Å². The van der Waals surface area contributed by atoms with Crippen LogP contribution in [0.4, 0.5) is 0 Å². The first-order valence-corrected chi connectivity index (χ1v) is 5.80. The van der Waals surface area contributed by atoms with Crippen LogP contribution in [0.25, 0.3) is 0 Å². The SMILES string of the molecule is CCC(C)[C@H](NC(=O)CN)C(=O)NCC(=O)OC. The molecule has 2 amide bonds. The van der Waals surface area contributed by atoms with E-state index in [1.54, 1.807) is 0 Å². The summed E-state index contributed by atoms with van der Waals surface area (Å²) in [6.07, 6.45) is 0.709. The summed E-state index contributed by atoms with van der Waals surface area (Å²) >= 11 is 0. The molecule has 0 aromatic rings. The molecule has 18 heavy (non-hydrogen) atoms. The van der Waals surface area contributed by atoms with Crippen LogP contribution in [-0.4, -0.2) is 44.0 Å². The van der Waals surface area contributed by atoms with Crippen LogP contribution in [0.2, 0.25) is 0 Å². The Kier molecular flexibility index (Phi) is 7.69. The molecular formula is C11H21N3O4. The van der Waals surface area contributed by atoms with Crippen molar-refractivity contribution in [3.63, 3.8) is 0 Å². The van der Waals surface area contributed by atoms with E-state index in [4.69, 9.17) is 5.73 Å². The van der Waals surface area contributed by atoms with Gasteiger partial charge in [-0.3, -0.25) is 14.4 Å². The molecule has 0 aromatic heterocycles. The van der Waals surface area contributed by atoms with Gasteiger partial charge in [-0.15, -0.1) is 0 Å². The third kappa shape index (κ3) is 5.62. The Morgan fingerprint density at radius 2 is 1.94 bits per heavy atom. The van der Waals surface area contributed by atoms with Gasteiger partial charge in [0.15, 0.2) is 0 Å². The Hall–Kier alpha value is -1.63. The molecule has 0 aromatic carbocycles. The van der Waals surface area contributed by atoms with Gasteiger partial charge in [0.25, 0.3) is 0 Å². The molecule has 0 saturated carbocycles. The quantitative estimate of drug-likeness (QED) is 0.496. The van der Waals surface area contributed by atoms with Crippen LogP contribution in [0.1, 0.15) is 20.3 Å². The average Bonchev–Trinajstić information content (AvgIpc) is 2.40. The minimum absolute atomic E-state index is 0.0573. The van der Waals surface area contributed by atoms with Crippen LogP contribution in [0, 0.1) is 5.92 Å². The van der Waals surface area contributed by atoms with E-state index in [1.165, 1.54) is 7.11 Å². The fourth-order valence-corrected chi connectivity index (χ4v) is 1.28. The van der Waals surface area contributed by atoms with Crippen LogP contribution in [0.5, 0.6) is 0 Å². The lowest BCUT2D eigenvalue weighted by atomic mass is 9.98. The third-order valence-corrected chi connectivity index (χ3v) is 2.63. The van der Waals surface area contributed by atoms with Crippen molar-refractivity contribution in [3.8, 4) is 0 Å². The number of nitrogens with two attached hydrogens (primary N) is 1. The number of methoxy groups -OCH3 is 1. The molecule has 2 atom stereocenters. The van der Waals surface area contributed by atoms with Gasteiger partial charge < -0.3 is 21.1 Å². The maximum absolute atomic E-state index is 11.8. The molecule has 0 aliphatic carbocycles. The summed E-state index contributed by atoms with van der Waals surface area (Å²) in [6.45, 7) is 3.33. The van der Waals surface area contributed by atoms with Crippen molar-refractivity contribution >= 4 is 17.8 Å². The highest BCUT2D eigenvalue weighted by Gasteiger charge is 2.25. The Labute approximate surface area is 106 Å². The van der Waals surface area contributed by atoms with Crippen molar-refractivity contribution in [3.05, 3.63) is 0 Å². The van der Waals surface area contributed by atoms with Gasteiger partial charge in [0.2, 0.25) is 11.8 Å². The summed E-state index contributed by atoms with van der Waals surface area (Å²) in [5.74, 6) is -1.43. The van der Waals surface area contributed by atoms with E-state index in [-0.39, 0.29) is 19.0 Å². The van der Waals surface area contributed by atoms with Crippen LogP contribution in [-0.2, 0) is 19.1 Å². The van der Waals surface area contributed by atoms with E-state index in [1.807, 2.05) is 13.8 Å². The molecule has 0 heterocycles. The normalized spacial score (nSPS) is 13.3. The maximum Gasteiger partial charge on any atom is 0.325 e. The summed E-state index contributed by atoms with van der Waals surface area (Å²) in [6, 6.07) is -0.698. The number of nitrogens with one attached hydrogen (secondary N) is 2. The predicted octanol–water partition coefficient (Wildman–Crippen LogP) is -1.23. The second-order valence-corrected chi connectivity index (χ2v) is 3.93. The molecule has 4 N–H and O–H groups in total. The summed E-state index contributed by atoms with van der Waals surface area (Å²) in [7, 11) is 1.23. The molecule has 0 rings (SSSR count). The highest BCUT2D eigenvalue weighted by molar-refractivity contribution is 5.90. The van der Waals surface area contributed by atoms with E-state index in [9.17, 15) is 14.4 Å². The number of carbonyl (C=O) groups excluding carboxylic acids is 3. The average molecular weight is 259 g/mol. The molecule has 7 heteroatoms. The monoisotopic (exact) mass is 259 g/mol. The predicted molar refractivity (Wildman–Crippen MR) is 65.5 cm³/mol. The zero-order chi connectivity index (χ0) is 14.1. The molecule has 0 aliphatic rings. The van der Waals surface area contributed by atoms with Gasteiger partial charge in [-0.25, -0.2) is 0 Å². The molecule has 0 saturated heterocycles. The van der Waals surface area contributed by atoms with Crippen molar-refractivity contribution in [2.24, 2.45) is 11.7 Å². The van der Waals surface area contributed by atoms with Crippen molar-refractivity contribution in [1.82, 2.24) is 10.6 Å². The van der Waals surface area contributed by atoms with Gasteiger partial charge in [-0.05, 0) is 5.92 Å². The molecular weight excluding hydrogens is 238 g/mol. The first-order valence-electron chi connectivity index (χ1n) is 5.80. The van der Waals surface area contributed by atoms with Gasteiger partial charge in [0, 0.05) is 0 Å². The first-order chi connectivity index (χ1) is 8.46. The van der Waals surface area contributed by atoms with Gasteiger partial charge in [-0.1, -0.05) is 20.3 Å². The Bertz CT molecular complexity index is 307. The number of ether oxygens (including phenoxy) is 1. The zero-order valence-corrected chi connectivity index (χ0v) is 11.0. The Balaban J connectivity index is 4.49. The van der Waals surface area contributed by atoms with Crippen molar-refractivity contribution in [2.75, 3.05) is 20.2 Å². The van der Waals surface area contributed by atoms with Gasteiger partial charge >= 0.3 is 5.97 Å². The number of esters is 1. The van der Waals surface area contributed by atoms with Crippen LogP contribution in [0.3, 0.4) is 0 Å². The van der Waals surface area contributed by atoms with Gasteiger partial charge in [-0.2, -0.15) is 0 Å². The van der Waals surface area contributed by atoms with E-state index < -0.39 is 23.8 Å². The molecule has 0 aliphatic heterocycles. The zero-order valence-electron chi connectivity index (χ0n) is 11.0. The van der Waals surface area contributed by atoms with E-state index in [0.717, 1.165) is 0 Å². The van der Waals surface area contributed by atoms with Crippen LogP contribution < -0.4 is 16.4 Å². The molecule has 0 fully saturated rings. The molecule has 1 unspecified atom stereocenters. The second-order valence-electron chi connectivity index (χ2n) is 3.93. The Morgan fingerprint density at radius 1 is 1.33 bits per heavy atom. The minimum Gasteiger partial charge on any atom is -0.468 e. The largest absolute Gasteiger partial charge is 0.468 e. The Morgan fingerprint density at radius 3 is 2.39 bits per heavy atom. The molecule has 0 spiro atoms. The van der Waals surface area contributed by atoms with Gasteiger partial charge in [0.05, 0.1) is 13.7 Å². The summed E-state index contributed by atoms with van der Waals surface area (Å²) in [5, 5.41) is 4.94. The fourth-order valence-electron chi connectivity index (χ4n) is 1.28. The molecule has 0 radical (unpaired) electrons. The minimum atomic E-state index is -0.698. The number of rotatable bonds is 7.